The Hall–Kier alpha value is -3.32. The second-order valence-electron chi connectivity index (χ2n) is 7.76. The van der Waals surface area contributed by atoms with Crippen LogP contribution in [0, 0.1) is 6.92 Å². The van der Waals surface area contributed by atoms with E-state index in [9.17, 15) is 4.79 Å². The third-order valence-corrected chi connectivity index (χ3v) is 6.55. The molecule has 0 spiro atoms. The van der Waals surface area contributed by atoms with Crippen molar-refractivity contribution in [2.45, 2.75) is 12.8 Å². The molecule has 0 aliphatic heterocycles. The Morgan fingerprint density at radius 2 is 1.90 bits per heavy atom. The highest BCUT2D eigenvalue weighted by atomic mass is 32.1. The van der Waals surface area contributed by atoms with Crippen LogP contribution in [0.2, 0.25) is 0 Å². The number of H-pyrrole nitrogens is 1. The minimum atomic E-state index is -0.106. The zero-order chi connectivity index (χ0) is 22.0. The van der Waals surface area contributed by atoms with E-state index in [0.29, 0.717) is 12.1 Å². The van der Waals surface area contributed by atoms with E-state index in [2.05, 4.69) is 67.5 Å². The number of aryl methyl sites for hydroxylation is 1. The van der Waals surface area contributed by atoms with Gasteiger partial charge >= 0.3 is 0 Å². The number of para-hydroxylation sites is 1. The maximum absolute atomic E-state index is 13.0. The highest BCUT2D eigenvalue weighted by Crippen LogP contribution is 2.32. The average Bonchev–Trinajstić information content (AvgIpc) is 3.37. The van der Waals surface area contributed by atoms with Crippen LogP contribution in [0.15, 0.2) is 54.7 Å². The summed E-state index contributed by atoms with van der Waals surface area (Å²) in [7, 11) is 5.87. The largest absolute Gasteiger partial charge is 0.378 e. The molecule has 4 rings (SSSR count). The molecule has 2 heterocycles. The lowest BCUT2D eigenvalue weighted by Crippen LogP contribution is -2.29. The van der Waals surface area contributed by atoms with Gasteiger partial charge in [0.2, 0.25) is 0 Å². The van der Waals surface area contributed by atoms with Crippen LogP contribution >= 0.6 is 11.5 Å². The molecule has 1 atom stereocenters. The molecule has 31 heavy (non-hydrogen) atoms. The Bertz CT molecular complexity index is 1190. The first-order valence-corrected chi connectivity index (χ1v) is 11.0. The molecular weight excluding hydrogens is 406 g/mol. The van der Waals surface area contributed by atoms with Crippen molar-refractivity contribution < 1.29 is 4.79 Å². The number of amides is 1. The standard InChI is InChI=1S/C24H27N5OS/c1-15-22(24(25-2)31-28-15)23(30)27-13-19(16-9-11-17(12-10-16)29(3)4)20-14-26-21-8-6-5-7-18(20)21/h5-12,14,19,25-26H,13H2,1-4H3,(H,27,30). The predicted octanol–water partition coefficient (Wildman–Crippen LogP) is 4.60. The highest BCUT2D eigenvalue weighted by molar-refractivity contribution is 7.10. The monoisotopic (exact) mass is 433 g/mol. The van der Waals surface area contributed by atoms with Crippen molar-refractivity contribution in [1.29, 1.82) is 0 Å². The van der Waals surface area contributed by atoms with Crippen molar-refractivity contribution in [2.75, 3.05) is 37.9 Å². The van der Waals surface area contributed by atoms with Gasteiger partial charge in [0, 0.05) is 56.4 Å². The fraction of sp³-hybridized carbons (Fsp3) is 0.250. The van der Waals surface area contributed by atoms with Crippen LogP contribution in [0.5, 0.6) is 0 Å². The minimum absolute atomic E-state index is 0.0150. The lowest BCUT2D eigenvalue weighted by atomic mass is 9.90. The zero-order valence-electron chi connectivity index (χ0n) is 18.2. The van der Waals surface area contributed by atoms with Crippen LogP contribution in [-0.2, 0) is 0 Å². The summed E-state index contributed by atoms with van der Waals surface area (Å²) in [6.07, 6.45) is 2.05. The first-order valence-electron chi connectivity index (χ1n) is 10.2. The summed E-state index contributed by atoms with van der Waals surface area (Å²) in [4.78, 5) is 18.5. The molecule has 1 amide bonds. The summed E-state index contributed by atoms with van der Waals surface area (Å²) < 4.78 is 4.32. The molecule has 6 nitrogen and oxygen atoms in total. The normalized spacial score (nSPS) is 12.0. The summed E-state index contributed by atoms with van der Waals surface area (Å²) >= 11 is 1.31. The van der Waals surface area contributed by atoms with Crippen molar-refractivity contribution in [2.24, 2.45) is 0 Å². The lowest BCUT2D eigenvalue weighted by Gasteiger charge is -2.20. The number of hydrogen-bond acceptors (Lipinski definition) is 5. The molecule has 2 aromatic carbocycles. The smallest absolute Gasteiger partial charge is 0.256 e. The van der Waals surface area contributed by atoms with Gasteiger partial charge in [0.05, 0.1) is 11.3 Å². The fourth-order valence-electron chi connectivity index (χ4n) is 3.89. The number of fused-ring (bicyclic) bond motifs is 1. The average molecular weight is 434 g/mol. The third-order valence-electron chi connectivity index (χ3n) is 5.59. The van der Waals surface area contributed by atoms with Crippen LogP contribution < -0.4 is 15.5 Å². The Morgan fingerprint density at radius 1 is 1.16 bits per heavy atom. The van der Waals surface area contributed by atoms with E-state index in [-0.39, 0.29) is 11.8 Å². The Labute approximate surface area is 186 Å². The number of aromatic nitrogens is 2. The summed E-state index contributed by atoms with van der Waals surface area (Å²) in [5.74, 6) is -0.0911. The first kappa shape index (κ1) is 20.9. The topological polar surface area (TPSA) is 73.1 Å². The number of benzene rings is 2. The molecular formula is C24H27N5OS. The number of carbonyl (C=O) groups excluding carboxylic acids is 1. The summed E-state index contributed by atoms with van der Waals surface area (Å²) in [6.45, 7) is 2.35. The first-order chi connectivity index (χ1) is 15.0. The van der Waals surface area contributed by atoms with Crippen LogP contribution in [0.3, 0.4) is 0 Å². The Balaban J connectivity index is 1.67. The van der Waals surface area contributed by atoms with Gasteiger partial charge in [0.1, 0.15) is 5.00 Å². The number of aromatic amines is 1. The molecule has 0 aliphatic carbocycles. The van der Waals surface area contributed by atoms with Gasteiger partial charge in [0.25, 0.3) is 5.91 Å². The van der Waals surface area contributed by atoms with Crippen molar-refractivity contribution in [1.82, 2.24) is 14.7 Å². The SMILES string of the molecule is CNc1snc(C)c1C(=O)NCC(c1ccc(N(C)C)cc1)c1c[nH]c2ccccc12. The van der Waals surface area contributed by atoms with E-state index >= 15 is 0 Å². The number of rotatable bonds is 7. The molecule has 1 unspecified atom stereocenters. The second-order valence-corrected chi connectivity index (χ2v) is 8.53. The third kappa shape index (κ3) is 4.14. The summed E-state index contributed by atoms with van der Waals surface area (Å²) in [5.41, 5.74) is 5.92. The Kier molecular flexibility index (Phi) is 5.95. The van der Waals surface area contributed by atoms with Crippen molar-refractivity contribution in [3.8, 4) is 0 Å². The number of hydrogen-bond donors (Lipinski definition) is 3. The van der Waals surface area contributed by atoms with Gasteiger partial charge in [-0.15, -0.1) is 0 Å². The highest BCUT2D eigenvalue weighted by Gasteiger charge is 2.22. The quantitative estimate of drug-likeness (QED) is 0.398. The fourth-order valence-corrected chi connectivity index (χ4v) is 4.63. The zero-order valence-corrected chi connectivity index (χ0v) is 19.0. The van der Waals surface area contributed by atoms with E-state index < -0.39 is 0 Å². The summed E-state index contributed by atoms with van der Waals surface area (Å²) in [6, 6.07) is 16.8. The number of nitrogens with zero attached hydrogens (tertiary/aromatic N) is 2. The minimum Gasteiger partial charge on any atom is -0.378 e. The maximum atomic E-state index is 13.0. The molecule has 0 aliphatic rings. The van der Waals surface area contributed by atoms with Crippen molar-refractivity contribution in [3.05, 3.63) is 77.1 Å². The van der Waals surface area contributed by atoms with Gasteiger partial charge in [-0.2, -0.15) is 4.37 Å². The van der Waals surface area contributed by atoms with E-state index in [4.69, 9.17) is 0 Å². The van der Waals surface area contributed by atoms with Crippen LogP contribution in [0.4, 0.5) is 10.7 Å². The molecule has 3 N–H and O–H groups in total. The van der Waals surface area contributed by atoms with E-state index in [0.717, 1.165) is 27.5 Å². The molecule has 7 heteroatoms. The lowest BCUT2D eigenvalue weighted by molar-refractivity contribution is 0.0953. The van der Waals surface area contributed by atoms with Crippen molar-refractivity contribution in [3.63, 3.8) is 0 Å². The number of nitrogens with one attached hydrogen (secondary N) is 3. The van der Waals surface area contributed by atoms with Gasteiger partial charge in [-0.1, -0.05) is 30.3 Å². The number of carbonyl (C=O) groups is 1. The van der Waals surface area contributed by atoms with Gasteiger partial charge in [-0.3, -0.25) is 4.79 Å². The molecule has 0 fully saturated rings. The molecule has 4 aromatic rings. The van der Waals surface area contributed by atoms with Gasteiger partial charge < -0.3 is 20.5 Å². The second kappa shape index (κ2) is 8.81. The number of anilines is 2. The van der Waals surface area contributed by atoms with E-state index in [1.54, 1.807) is 0 Å². The van der Waals surface area contributed by atoms with Gasteiger partial charge in [-0.05, 0) is 47.8 Å². The summed E-state index contributed by atoms with van der Waals surface area (Å²) in [5, 5.41) is 8.18. The maximum Gasteiger partial charge on any atom is 0.256 e. The van der Waals surface area contributed by atoms with E-state index in [1.807, 2.05) is 40.2 Å². The Morgan fingerprint density at radius 3 is 2.61 bits per heavy atom. The molecule has 0 saturated carbocycles. The van der Waals surface area contributed by atoms with Crippen LogP contribution in [-0.4, -0.2) is 43.0 Å². The van der Waals surface area contributed by atoms with Crippen LogP contribution in [0.1, 0.15) is 33.1 Å². The van der Waals surface area contributed by atoms with Gasteiger partial charge in [0.15, 0.2) is 0 Å². The molecule has 0 bridgehead atoms. The van der Waals surface area contributed by atoms with E-state index in [1.165, 1.54) is 22.5 Å². The molecule has 2 aromatic heterocycles. The van der Waals surface area contributed by atoms with Crippen molar-refractivity contribution >= 4 is 39.0 Å². The predicted molar refractivity (Wildman–Crippen MR) is 130 cm³/mol. The molecule has 0 saturated heterocycles. The van der Waals surface area contributed by atoms with Crippen LogP contribution in [0.25, 0.3) is 10.9 Å². The molecule has 0 radical (unpaired) electrons. The van der Waals surface area contributed by atoms with Gasteiger partial charge in [-0.25, -0.2) is 0 Å². The molecule has 160 valence electrons.